The number of Topliss-reactive ketones (excluding diaryl/α,β-unsaturated/α-hetero) is 1. The van der Waals surface area contributed by atoms with E-state index in [1.54, 1.807) is 28.4 Å². The fourth-order valence-electron chi connectivity index (χ4n) is 6.95. The van der Waals surface area contributed by atoms with Gasteiger partial charge in [0.15, 0.2) is 5.78 Å². The molecular formula is C38H53N3O5. The molecule has 0 atom stereocenters. The van der Waals surface area contributed by atoms with Gasteiger partial charge in [-0.1, -0.05) is 64.2 Å². The Balaban J connectivity index is 0.000000212. The molecule has 0 spiro atoms. The zero-order chi connectivity index (χ0) is 33.1. The average Bonchev–Trinajstić information content (AvgIpc) is 3.08. The second-order valence-electron chi connectivity index (χ2n) is 12.8. The van der Waals surface area contributed by atoms with Crippen molar-refractivity contribution in [1.29, 1.82) is 0 Å². The molecular weight excluding hydrogens is 578 g/mol. The molecule has 1 heterocycles. The number of anilines is 1. The van der Waals surface area contributed by atoms with Crippen molar-refractivity contribution >= 4 is 11.7 Å². The number of nitrogens with zero attached hydrogens (tertiary/aromatic N) is 2. The first kappa shape index (κ1) is 35.1. The maximum Gasteiger partial charge on any atom is 0.220 e. The van der Waals surface area contributed by atoms with E-state index < -0.39 is 0 Å². The fourth-order valence-corrected chi connectivity index (χ4v) is 6.95. The fraction of sp³-hybridized carbons (Fsp3) is 0.553. The summed E-state index contributed by atoms with van der Waals surface area (Å²) in [4.78, 5) is 21.3. The molecule has 0 aliphatic heterocycles. The van der Waals surface area contributed by atoms with Crippen LogP contribution in [-0.4, -0.2) is 44.2 Å². The maximum absolute atomic E-state index is 12.5. The van der Waals surface area contributed by atoms with Crippen molar-refractivity contribution in [1.82, 2.24) is 9.97 Å². The molecule has 1 aromatic heterocycles. The largest absolute Gasteiger partial charge is 0.496 e. The summed E-state index contributed by atoms with van der Waals surface area (Å²) in [5, 5.41) is 0. The lowest BCUT2D eigenvalue weighted by Crippen LogP contribution is -2.11. The maximum atomic E-state index is 12.5. The lowest BCUT2D eigenvalue weighted by Gasteiger charge is -2.23. The summed E-state index contributed by atoms with van der Waals surface area (Å²) < 4.78 is 21.8. The van der Waals surface area contributed by atoms with E-state index in [0.29, 0.717) is 23.7 Å². The van der Waals surface area contributed by atoms with Gasteiger partial charge in [-0.3, -0.25) is 4.79 Å². The molecule has 0 bridgehead atoms. The van der Waals surface area contributed by atoms with Crippen LogP contribution in [0.15, 0.2) is 30.5 Å². The number of methoxy groups -OCH3 is 4. The molecule has 0 amide bonds. The normalized spacial score (nSPS) is 15.4. The van der Waals surface area contributed by atoms with Gasteiger partial charge >= 0.3 is 0 Å². The van der Waals surface area contributed by atoms with Crippen molar-refractivity contribution in [3.8, 4) is 34.3 Å². The molecule has 2 aliphatic rings. The van der Waals surface area contributed by atoms with E-state index >= 15 is 0 Å². The highest BCUT2D eigenvalue weighted by Gasteiger charge is 2.21. The summed E-state index contributed by atoms with van der Waals surface area (Å²) in [6.45, 7) is 3.96. The monoisotopic (exact) mass is 631 g/mol. The topological polar surface area (TPSA) is 106 Å². The zero-order valence-corrected chi connectivity index (χ0v) is 28.7. The first-order valence-corrected chi connectivity index (χ1v) is 16.9. The highest BCUT2D eigenvalue weighted by atomic mass is 16.5. The van der Waals surface area contributed by atoms with Crippen LogP contribution in [0.3, 0.4) is 0 Å². The standard InChI is InChI=1S/C20H27N3O2.C18H26O3/c1-13-9-18(25-3)16(11-17(13)24-2)19-15(12-22-20(21)23-19)10-14-7-5-4-6-8-14;1-13-11-18(21-3)15(12-17(13)20-2)16(19)10-9-14-7-5-4-6-8-14/h9,11-12,14H,4-8,10H2,1-3H3,(H2,21,22,23);11-12,14H,4-10H2,1-3H3. The van der Waals surface area contributed by atoms with Gasteiger partial charge in [-0.15, -0.1) is 0 Å². The molecule has 2 fully saturated rings. The number of benzene rings is 2. The molecule has 2 saturated carbocycles. The third kappa shape index (κ3) is 9.14. The zero-order valence-electron chi connectivity index (χ0n) is 28.7. The molecule has 5 rings (SSSR count). The van der Waals surface area contributed by atoms with Gasteiger partial charge < -0.3 is 24.7 Å². The number of carbonyl (C=O) groups is 1. The van der Waals surface area contributed by atoms with Crippen LogP contribution in [0, 0.1) is 25.7 Å². The van der Waals surface area contributed by atoms with Crippen LogP contribution >= 0.6 is 0 Å². The van der Waals surface area contributed by atoms with Gasteiger partial charge in [-0.25, -0.2) is 9.97 Å². The van der Waals surface area contributed by atoms with Gasteiger partial charge in [-0.2, -0.15) is 0 Å². The van der Waals surface area contributed by atoms with Crippen LogP contribution in [0.1, 0.15) is 104 Å². The van der Waals surface area contributed by atoms with E-state index in [0.717, 1.165) is 64.0 Å². The molecule has 0 saturated heterocycles. The Morgan fingerprint density at radius 2 is 1.28 bits per heavy atom. The van der Waals surface area contributed by atoms with Crippen molar-refractivity contribution in [2.45, 2.75) is 97.3 Å². The van der Waals surface area contributed by atoms with E-state index in [-0.39, 0.29) is 11.7 Å². The molecule has 2 N–H and O–H groups in total. The van der Waals surface area contributed by atoms with Crippen molar-refractivity contribution in [2.75, 3.05) is 34.2 Å². The predicted octanol–water partition coefficient (Wildman–Crippen LogP) is 8.73. The average molecular weight is 632 g/mol. The van der Waals surface area contributed by atoms with E-state index in [2.05, 4.69) is 9.97 Å². The van der Waals surface area contributed by atoms with Gasteiger partial charge in [0.05, 0.1) is 39.7 Å². The second kappa shape index (κ2) is 17.2. The SMILES string of the molecule is COc1cc(-c2nc(N)ncc2CC2CCCCC2)c(OC)cc1C.COc1cc(C(=O)CCC2CCCCC2)c(OC)cc1C. The van der Waals surface area contributed by atoms with Crippen LogP contribution in [0.5, 0.6) is 23.0 Å². The summed E-state index contributed by atoms with van der Waals surface area (Å²) in [5.41, 5.74) is 11.4. The molecule has 8 heteroatoms. The molecule has 2 aromatic carbocycles. The van der Waals surface area contributed by atoms with E-state index in [1.807, 2.05) is 44.3 Å². The van der Waals surface area contributed by atoms with Crippen LogP contribution in [0.25, 0.3) is 11.3 Å². The molecule has 46 heavy (non-hydrogen) atoms. The Kier molecular flexibility index (Phi) is 13.1. The first-order chi connectivity index (χ1) is 22.3. The van der Waals surface area contributed by atoms with E-state index in [4.69, 9.17) is 24.7 Å². The third-order valence-corrected chi connectivity index (χ3v) is 9.61. The number of hydrogen-bond acceptors (Lipinski definition) is 8. The number of hydrogen-bond donors (Lipinski definition) is 1. The molecule has 2 aliphatic carbocycles. The van der Waals surface area contributed by atoms with Crippen LogP contribution in [0.4, 0.5) is 5.95 Å². The summed E-state index contributed by atoms with van der Waals surface area (Å²) >= 11 is 0. The number of rotatable bonds is 11. The summed E-state index contributed by atoms with van der Waals surface area (Å²) in [6.07, 6.45) is 17.5. The number of carbonyl (C=O) groups excluding carboxylic acids is 1. The lowest BCUT2D eigenvalue weighted by molar-refractivity contribution is 0.0966. The van der Waals surface area contributed by atoms with Gasteiger partial charge in [0.25, 0.3) is 0 Å². The first-order valence-electron chi connectivity index (χ1n) is 16.9. The third-order valence-electron chi connectivity index (χ3n) is 9.61. The van der Waals surface area contributed by atoms with E-state index in [9.17, 15) is 4.79 Å². The van der Waals surface area contributed by atoms with Gasteiger partial charge in [0.1, 0.15) is 23.0 Å². The summed E-state index contributed by atoms with van der Waals surface area (Å²) in [7, 11) is 6.59. The van der Waals surface area contributed by atoms with Crippen molar-refractivity contribution < 1.29 is 23.7 Å². The van der Waals surface area contributed by atoms with Gasteiger partial charge in [-0.05, 0) is 79.5 Å². The Morgan fingerprint density at radius 3 is 1.87 bits per heavy atom. The molecule has 0 unspecified atom stereocenters. The Labute approximate surface area is 275 Å². The minimum absolute atomic E-state index is 0.163. The summed E-state index contributed by atoms with van der Waals surface area (Å²) in [5.74, 6) is 4.86. The smallest absolute Gasteiger partial charge is 0.220 e. The quantitative estimate of drug-likeness (QED) is 0.210. The number of nitrogens with two attached hydrogens (primary N) is 1. The van der Waals surface area contributed by atoms with Gasteiger partial charge in [0, 0.05) is 18.2 Å². The van der Waals surface area contributed by atoms with Crippen LogP contribution < -0.4 is 24.7 Å². The Morgan fingerprint density at radius 1 is 0.739 bits per heavy atom. The van der Waals surface area contributed by atoms with Crippen molar-refractivity contribution in [3.05, 3.63) is 52.7 Å². The lowest BCUT2D eigenvalue weighted by atomic mass is 9.84. The Bertz CT molecular complexity index is 1440. The minimum Gasteiger partial charge on any atom is -0.496 e. The van der Waals surface area contributed by atoms with Crippen molar-refractivity contribution in [3.63, 3.8) is 0 Å². The number of aromatic nitrogens is 2. The highest BCUT2D eigenvalue weighted by molar-refractivity contribution is 5.99. The highest BCUT2D eigenvalue weighted by Crippen LogP contribution is 2.38. The second-order valence-corrected chi connectivity index (χ2v) is 12.8. The van der Waals surface area contributed by atoms with Crippen molar-refractivity contribution in [2.24, 2.45) is 11.8 Å². The summed E-state index contributed by atoms with van der Waals surface area (Å²) in [6, 6.07) is 7.67. The molecule has 0 radical (unpaired) electrons. The van der Waals surface area contributed by atoms with Crippen LogP contribution in [0.2, 0.25) is 0 Å². The number of ether oxygens (including phenoxy) is 4. The van der Waals surface area contributed by atoms with Gasteiger partial charge in [0.2, 0.25) is 5.95 Å². The van der Waals surface area contributed by atoms with Crippen LogP contribution in [-0.2, 0) is 6.42 Å². The molecule has 8 nitrogen and oxygen atoms in total. The molecule has 3 aromatic rings. The predicted molar refractivity (Wildman–Crippen MR) is 184 cm³/mol. The number of ketones is 1. The number of nitrogen functional groups attached to an aromatic ring is 1. The minimum atomic E-state index is 0.163. The van der Waals surface area contributed by atoms with E-state index in [1.165, 1.54) is 64.2 Å². The molecule has 250 valence electrons. The Hall–Kier alpha value is -3.81. The number of aryl methyl sites for hydroxylation is 2.